The lowest BCUT2D eigenvalue weighted by Gasteiger charge is -2.32. The lowest BCUT2D eigenvalue weighted by Crippen LogP contribution is -2.47. The summed E-state index contributed by atoms with van der Waals surface area (Å²) in [6.45, 7) is 5.21. The zero-order valence-corrected chi connectivity index (χ0v) is 14.4. The molecule has 0 spiro atoms. The molecule has 5 heteroatoms. The van der Waals surface area contributed by atoms with E-state index in [1.807, 2.05) is 0 Å². The minimum Gasteiger partial charge on any atom is -0.239 e. The Morgan fingerprint density at radius 3 is 1.04 bits per heavy atom. The zero-order chi connectivity index (χ0) is 15.7. The number of fused-ring (bicyclic) bond motifs is 2. The highest BCUT2D eigenvalue weighted by Crippen LogP contribution is 2.21. The van der Waals surface area contributed by atoms with Crippen LogP contribution in [0.15, 0.2) is 0 Å². The third kappa shape index (κ3) is 5.68. The van der Waals surface area contributed by atoms with Crippen molar-refractivity contribution >= 4 is 0 Å². The van der Waals surface area contributed by atoms with Crippen LogP contribution in [0.4, 0.5) is 0 Å². The highest BCUT2D eigenvalue weighted by Gasteiger charge is 2.28. The van der Waals surface area contributed by atoms with Gasteiger partial charge in [0, 0.05) is 63.4 Å². The van der Waals surface area contributed by atoms with Crippen LogP contribution in [0.2, 0.25) is 0 Å². The van der Waals surface area contributed by atoms with Crippen molar-refractivity contribution in [1.82, 2.24) is 26.6 Å². The molecule has 2 aliphatic carbocycles. The van der Waals surface area contributed by atoms with Crippen LogP contribution in [0, 0.1) is 0 Å². The molecule has 4 unspecified atom stereocenters. The van der Waals surface area contributed by atoms with Crippen molar-refractivity contribution in [3.63, 3.8) is 0 Å². The summed E-state index contributed by atoms with van der Waals surface area (Å²) < 4.78 is 0. The van der Waals surface area contributed by atoms with Crippen LogP contribution < -0.4 is 26.6 Å². The molecule has 0 amide bonds. The summed E-state index contributed by atoms with van der Waals surface area (Å²) in [5.74, 6) is 0. The van der Waals surface area contributed by atoms with Gasteiger partial charge in [0.1, 0.15) is 0 Å². The first-order valence-corrected chi connectivity index (χ1v) is 9.73. The van der Waals surface area contributed by atoms with Gasteiger partial charge in [-0.15, -0.1) is 0 Å². The normalized spacial score (nSPS) is 38.6. The number of nitrogens with zero attached hydrogens (tertiary/aromatic N) is 5. The summed E-state index contributed by atoms with van der Waals surface area (Å²) in [5, 5.41) is 24.3. The quantitative estimate of drug-likeness (QED) is 0.629. The highest BCUT2D eigenvalue weighted by molar-refractivity contribution is 4.88. The Balaban J connectivity index is 1.51. The molecule has 0 aromatic heterocycles. The zero-order valence-electron chi connectivity index (χ0n) is 14.4. The number of rotatable bonds is 0. The molecular formula is C18H32N5. The molecule has 3 rings (SSSR count). The summed E-state index contributed by atoms with van der Waals surface area (Å²) in [6.07, 6.45) is 10.1. The fraction of sp³-hybridized carbons (Fsp3) is 1.00. The Bertz CT molecular complexity index is 295. The largest absolute Gasteiger partial charge is 0.239 e. The van der Waals surface area contributed by atoms with Crippen molar-refractivity contribution in [2.24, 2.45) is 0 Å². The Morgan fingerprint density at radius 1 is 0.391 bits per heavy atom. The minimum atomic E-state index is 0.441. The maximum absolute atomic E-state index is 4.95. The van der Waals surface area contributed by atoms with E-state index in [9.17, 15) is 0 Å². The fourth-order valence-electron chi connectivity index (χ4n) is 4.18. The van der Waals surface area contributed by atoms with E-state index in [1.165, 1.54) is 51.4 Å². The lowest BCUT2D eigenvalue weighted by atomic mass is 9.90. The van der Waals surface area contributed by atoms with E-state index in [-0.39, 0.29) is 0 Å². The number of hydrogen-bond donors (Lipinski definition) is 0. The second-order valence-corrected chi connectivity index (χ2v) is 7.13. The van der Waals surface area contributed by atoms with Gasteiger partial charge < -0.3 is 0 Å². The van der Waals surface area contributed by atoms with Crippen LogP contribution in [0.5, 0.6) is 0 Å². The highest BCUT2D eigenvalue weighted by atomic mass is 15.1. The third-order valence-corrected chi connectivity index (χ3v) is 5.46. The second kappa shape index (κ2) is 9.94. The Labute approximate surface area is 142 Å². The van der Waals surface area contributed by atoms with Crippen LogP contribution in [0.25, 0.3) is 0 Å². The summed E-state index contributed by atoms with van der Waals surface area (Å²) in [4.78, 5) is 0. The van der Waals surface area contributed by atoms with Gasteiger partial charge >= 0.3 is 0 Å². The number of hydrogen-bond acceptors (Lipinski definition) is 0. The molecule has 4 atom stereocenters. The maximum Gasteiger partial charge on any atom is 0.0416 e. The SMILES string of the molecule is C1CCC2[N]CC[N]C3CCCCC3[N]CC[N]CC[N]C2C1. The van der Waals surface area contributed by atoms with Crippen molar-refractivity contribution in [3.05, 3.63) is 0 Å². The van der Waals surface area contributed by atoms with Crippen molar-refractivity contribution in [2.45, 2.75) is 75.5 Å². The molecule has 5 nitrogen and oxygen atoms in total. The van der Waals surface area contributed by atoms with Crippen LogP contribution in [-0.2, 0) is 0 Å². The molecule has 0 aromatic rings. The minimum absolute atomic E-state index is 0.441. The Morgan fingerprint density at radius 2 is 0.696 bits per heavy atom. The molecule has 3 fully saturated rings. The van der Waals surface area contributed by atoms with E-state index in [4.69, 9.17) is 21.3 Å². The molecule has 1 heterocycles. The lowest BCUT2D eigenvalue weighted by molar-refractivity contribution is 0.262. The average Bonchev–Trinajstić information content (AvgIpc) is 2.60. The van der Waals surface area contributed by atoms with Crippen LogP contribution in [0.1, 0.15) is 51.4 Å². The maximum atomic E-state index is 4.95. The standard InChI is InChI=1S/C18H32N5/c1-3-7-17-15(5-1)20-11-9-19-10-12-21-16-6-2-4-8-18(16)23-14-13-22-17/h15-18H,1-14H2. The summed E-state index contributed by atoms with van der Waals surface area (Å²) >= 11 is 0. The first-order valence-electron chi connectivity index (χ1n) is 9.73. The van der Waals surface area contributed by atoms with E-state index in [0.717, 1.165) is 39.3 Å². The van der Waals surface area contributed by atoms with E-state index in [0.29, 0.717) is 24.2 Å². The monoisotopic (exact) mass is 318 g/mol. The van der Waals surface area contributed by atoms with E-state index < -0.39 is 0 Å². The van der Waals surface area contributed by atoms with Gasteiger partial charge in [-0.3, -0.25) is 0 Å². The van der Waals surface area contributed by atoms with Crippen molar-refractivity contribution in [2.75, 3.05) is 39.3 Å². The van der Waals surface area contributed by atoms with Gasteiger partial charge in [-0.05, 0) is 25.7 Å². The van der Waals surface area contributed by atoms with Gasteiger partial charge in [0.2, 0.25) is 0 Å². The van der Waals surface area contributed by atoms with Crippen molar-refractivity contribution in [3.8, 4) is 0 Å². The molecule has 5 radical (unpaired) electrons. The van der Waals surface area contributed by atoms with Crippen LogP contribution in [0.3, 0.4) is 0 Å². The first kappa shape index (κ1) is 17.6. The predicted molar refractivity (Wildman–Crippen MR) is 92.0 cm³/mol. The van der Waals surface area contributed by atoms with Crippen LogP contribution >= 0.6 is 0 Å². The Kier molecular flexibility index (Phi) is 7.62. The molecular weight excluding hydrogens is 286 g/mol. The molecule has 3 aliphatic rings. The molecule has 23 heavy (non-hydrogen) atoms. The van der Waals surface area contributed by atoms with Gasteiger partial charge in [-0.25, -0.2) is 26.6 Å². The molecule has 1 aliphatic heterocycles. The predicted octanol–water partition coefficient (Wildman–Crippen LogP) is 0.644. The smallest absolute Gasteiger partial charge is 0.0416 e. The summed E-state index contributed by atoms with van der Waals surface area (Å²) in [6, 6.07) is 1.76. The van der Waals surface area contributed by atoms with Gasteiger partial charge in [-0.2, -0.15) is 0 Å². The van der Waals surface area contributed by atoms with Crippen LogP contribution in [-0.4, -0.2) is 63.4 Å². The van der Waals surface area contributed by atoms with Gasteiger partial charge in [-0.1, -0.05) is 25.7 Å². The third-order valence-electron chi connectivity index (χ3n) is 5.46. The molecule has 0 aromatic carbocycles. The second-order valence-electron chi connectivity index (χ2n) is 7.13. The summed E-state index contributed by atoms with van der Waals surface area (Å²) in [5.41, 5.74) is 0. The summed E-state index contributed by atoms with van der Waals surface area (Å²) in [7, 11) is 0. The van der Waals surface area contributed by atoms with Gasteiger partial charge in [0.15, 0.2) is 0 Å². The van der Waals surface area contributed by atoms with E-state index >= 15 is 0 Å². The van der Waals surface area contributed by atoms with Crippen molar-refractivity contribution in [1.29, 1.82) is 0 Å². The molecule has 129 valence electrons. The first-order chi connectivity index (χ1) is 11.4. The molecule has 0 bridgehead atoms. The van der Waals surface area contributed by atoms with Gasteiger partial charge in [0.05, 0.1) is 0 Å². The fourth-order valence-corrected chi connectivity index (χ4v) is 4.18. The average molecular weight is 318 g/mol. The molecule has 1 saturated heterocycles. The molecule has 2 saturated carbocycles. The topological polar surface area (TPSA) is 70.5 Å². The van der Waals surface area contributed by atoms with Gasteiger partial charge in [0.25, 0.3) is 0 Å². The molecule has 0 N–H and O–H groups in total. The van der Waals surface area contributed by atoms with Crippen molar-refractivity contribution < 1.29 is 0 Å². The van der Waals surface area contributed by atoms with E-state index in [1.54, 1.807) is 0 Å². The Hall–Kier alpha value is -0.200. The van der Waals surface area contributed by atoms with E-state index in [2.05, 4.69) is 5.32 Å².